The molecule has 0 fully saturated rings. The molecule has 106 valence electrons. The molecule has 20 heavy (non-hydrogen) atoms. The van der Waals surface area contributed by atoms with Gasteiger partial charge in [0.05, 0.1) is 0 Å². The van der Waals surface area contributed by atoms with Crippen molar-refractivity contribution in [3.05, 3.63) is 59.7 Å². The fraction of sp³-hybridized carbons (Fsp3) is 0.400. The zero-order chi connectivity index (χ0) is 14.2. The van der Waals surface area contributed by atoms with Crippen LogP contribution < -0.4 is 0 Å². The number of aryl methyl sites for hydroxylation is 2. The molecule has 2 rings (SSSR count). The highest BCUT2D eigenvalue weighted by atomic mass is 14.1. The van der Waals surface area contributed by atoms with E-state index in [0.717, 1.165) is 0 Å². The van der Waals surface area contributed by atoms with Gasteiger partial charge in [0.1, 0.15) is 0 Å². The molecular weight excluding hydrogens is 240 g/mol. The maximum absolute atomic E-state index is 2.29. The lowest BCUT2D eigenvalue weighted by Gasteiger charge is -2.07. The Morgan fingerprint density at radius 3 is 2.15 bits per heavy atom. The lowest BCUT2D eigenvalue weighted by molar-refractivity contribution is 0.632. The molecule has 2 aromatic carbocycles. The van der Waals surface area contributed by atoms with Crippen molar-refractivity contribution in [3.8, 4) is 11.1 Å². The molecule has 0 atom stereocenters. The summed E-state index contributed by atoms with van der Waals surface area (Å²) >= 11 is 0. The Labute approximate surface area is 123 Å². The second-order valence-electron chi connectivity index (χ2n) is 5.68. The van der Waals surface area contributed by atoms with E-state index < -0.39 is 0 Å². The van der Waals surface area contributed by atoms with E-state index in [1.54, 1.807) is 0 Å². The molecule has 0 radical (unpaired) electrons. The Hall–Kier alpha value is -1.56. The maximum Gasteiger partial charge on any atom is -0.0155 e. The minimum atomic E-state index is 1.22. The first kappa shape index (κ1) is 14.8. The molecular formula is C20H26. The van der Waals surface area contributed by atoms with Crippen molar-refractivity contribution in [3.63, 3.8) is 0 Å². The Morgan fingerprint density at radius 1 is 0.750 bits per heavy atom. The first-order valence-corrected chi connectivity index (χ1v) is 7.96. The van der Waals surface area contributed by atoms with Crippen molar-refractivity contribution >= 4 is 0 Å². The van der Waals surface area contributed by atoms with E-state index in [2.05, 4.69) is 62.4 Å². The van der Waals surface area contributed by atoms with Crippen LogP contribution in [0.5, 0.6) is 0 Å². The first-order valence-electron chi connectivity index (χ1n) is 7.96. The second kappa shape index (κ2) is 7.89. The fourth-order valence-corrected chi connectivity index (χ4v) is 2.68. The topological polar surface area (TPSA) is 0 Å². The predicted molar refractivity (Wildman–Crippen MR) is 89.1 cm³/mol. The number of unbranched alkanes of at least 4 members (excludes halogenated alkanes) is 4. The number of hydrogen-bond donors (Lipinski definition) is 0. The van der Waals surface area contributed by atoms with Crippen LogP contribution in [0, 0.1) is 6.92 Å². The average molecular weight is 266 g/mol. The third kappa shape index (κ3) is 4.23. The van der Waals surface area contributed by atoms with E-state index in [4.69, 9.17) is 0 Å². The van der Waals surface area contributed by atoms with Gasteiger partial charge in [0.2, 0.25) is 0 Å². The Balaban J connectivity index is 1.92. The number of rotatable bonds is 7. The minimum Gasteiger partial charge on any atom is -0.0654 e. The van der Waals surface area contributed by atoms with Crippen LogP contribution >= 0.6 is 0 Å². The van der Waals surface area contributed by atoms with Crippen LogP contribution in [0.25, 0.3) is 11.1 Å². The van der Waals surface area contributed by atoms with Crippen LogP contribution in [0.2, 0.25) is 0 Å². The summed E-state index contributed by atoms with van der Waals surface area (Å²) in [4.78, 5) is 0. The molecule has 0 bridgehead atoms. The summed E-state index contributed by atoms with van der Waals surface area (Å²) in [6, 6.07) is 17.7. The van der Waals surface area contributed by atoms with Crippen LogP contribution in [0.3, 0.4) is 0 Å². The van der Waals surface area contributed by atoms with Crippen molar-refractivity contribution in [2.45, 2.75) is 52.4 Å². The molecule has 0 N–H and O–H groups in total. The average Bonchev–Trinajstić information content (AvgIpc) is 2.48. The van der Waals surface area contributed by atoms with Crippen molar-refractivity contribution in [1.29, 1.82) is 0 Å². The zero-order valence-electron chi connectivity index (χ0n) is 12.9. The molecule has 0 heteroatoms. The summed E-state index contributed by atoms with van der Waals surface area (Å²) in [5.74, 6) is 0. The molecule has 0 unspecified atom stereocenters. The lowest BCUT2D eigenvalue weighted by atomic mass is 9.98. The van der Waals surface area contributed by atoms with Gasteiger partial charge < -0.3 is 0 Å². The van der Waals surface area contributed by atoms with Crippen LogP contribution in [0.1, 0.15) is 50.2 Å². The summed E-state index contributed by atoms with van der Waals surface area (Å²) in [7, 11) is 0. The summed E-state index contributed by atoms with van der Waals surface area (Å²) in [5.41, 5.74) is 5.50. The second-order valence-corrected chi connectivity index (χ2v) is 5.68. The highest BCUT2D eigenvalue weighted by molar-refractivity contribution is 5.67. The predicted octanol–water partition coefficient (Wildman–Crippen LogP) is 6.17. The van der Waals surface area contributed by atoms with Crippen LogP contribution in [0.15, 0.2) is 48.5 Å². The summed E-state index contributed by atoms with van der Waals surface area (Å²) in [6.45, 7) is 4.45. The van der Waals surface area contributed by atoms with Crippen LogP contribution in [0.4, 0.5) is 0 Å². The van der Waals surface area contributed by atoms with E-state index in [1.807, 2.05) is 0 Å². The highest BCUT2D eigenvalue weighted by Crippen LogP contribution is 2.23. The molecule has 0 saturated carbocycles. The van der Waals surface area contributed by atoms with Crippen molar-refractivity contribution in [1.82, 2.24) is 0 Å². The molecule has 0 nitrogen and oxygen atoms in total. The fourth-order valence-electron chi connectivity index (χ4n) is 2.68. The van der Waals surface area contributed by atoms with Gasteiger partial charge in [-0.1, -0.05) is 81.1 Å². The monoisotopic (exact) mass is 266 g/mol. The Bertz CT molecular complexity index is 508. The Morgan fingerprint density at radius 2 is 1.45 bits per heavy atom. The minimum absolute atomic E-state index is 1.22. The first-order chi connectivity index (χ1) is 9.81. The van der Waals surface area contributed by atoms with Crippen molar-refractivity contribution in [2.24, 2.45) is 0 Å². The van der Waals surface area contributed by atoms with Gasteiger partial charge in [-0.05, 0) is 42.0 Å². The van der Waals surface area contributed by atoms with Crippen molar-refractivity contribution in [2.75, 3.05) is 0 Å². The normalized spacial score (nSPS) is 10.7. The van der Waals surface area contributed by atoms with Gasteiger partial charge in [-0.2, -0.15) is 0 Å². The van der Waals surface area contributed by atoms with Crippen molar-refractivity contribution < 1.29 is 0 Å². The van der Waals surface area contributed by atoms with E-state index >= 15 is 0 Å². The van der Waals surface area contributed by atoms with Gasteiger partial charge in [0.25, 0.3) is 0 Å². The van der Waals surface area contributed by atoms with E-state index in [-0.39, 0.29) is 0 Å². The number of benzene rings is 2. The third-order valence-electron chi connectivity index (χ3n) is 3.98. The smallest absolute Gasteiger partial charge is 0.0155 e. The van der Waals surface area contributed by atoms with Crippen LogP contribution in [-0.4, -0.2) is 0 Å². The standard InChI is InChI=1S/C20H26/c1-3-4-5-6-7-11-18-13-15-19(16-14-18)20-12-9-8-10-17(20)2/h8-10,12-16H,3-7,11H2,1-2H3. The molecule has 0 aliphatic heterocycles. The SMILES string of the molecule is CCCCCCCc1ccc(-c2ccccc2C)cc1. The summed E-state index contributed by atoms with van der Waals surface area (Å²) in [5, 5.41) is 0. The van der Waals surface area contributed by atoms with Gasteiger partial charge >= 0.3 is 0 Å². The molecule has 0 aliphatic carbocycles. The highest BCUT2D eigenvalue weighted by Gasteiger charge is 2.01. The summed E-state index contributed by atoms with van der Waals surface area (Å²) in [6.07, 6.45) is 8.00. The largest absolute Gasteiger partial charge is 0.0654 e. The zero-order valence-corrected chi connectivity index (χ0v) is 12.9. The maximum atomic E-state index is 2.29. The molecule has 0 saturated heterocycles. The van der Waals surface area contributed by atoms with E-state index in [0.29, 0.717) is 0 Å². The quantitative estimate of drug-likeness (QED) is 0.525. The van der Waals surface area contributed by atoms with Gasteiger partial charge in [0, 0.05) is 0 Å². The molecule has 2 aromatic rings. The molecule has 0 heterocycles. The summed E-state index contributed by atoms with van der Waals surface area (Å²) < 4.78 is 0. The third-order valence-corrected chi connectivity index (χ3v) is 3.98. The van der Waals surface area contributed by atoms with Gasteiger partial charge in [-0.3, -0.25) is 0 Å². The van der Waals surface area contributed by atoms with Crippen LogP contribution in [-0.2, 0) is 6.42 Å². The Kier molecular flexibility index (Phi) is 5.86. The van der Waals surface area contributed by atoms with Gasteiger partial charge in [0.15, 0.2) is 0 Å². The van der Waals surface area contributed by atoms with E-state index in [9.17, 15) is 0 Å². The van der Waals surface area contributed by atoms with Gasteiger partial charge in [-0.15, -0.1) is 0 Å². The van der Waals surface area contributed by atoms with E-state index in [1.165, 1.54) is 60.8 Å². The molecule has 0 amide bonds. The lowest BCUT2D eigenvalue weighted by Crippen LogP contribution is -1.87. The molecule has 0 aliphatic rings. The molecule has 0 spiro atoms. The van der Waals surface area contributed by atoms with Gasteiger partial charge in [-0.25, -0.2) is 0 Å². The number of hydrogen-bond acceptors (Lipinski definition) is 0. The molecule has 0 aromatic heterocycles.